The summed E-state index contributed by atoms with van der Waals surface area (Å²) >= 11 is 0.788. The van der Waals surface area contributed by atoms with Crippen LogP contribution in [0, 0.1) is 16.0 Å². The van der Waals surface area contributed by atoms with Crippen molar-refractivity contribution in [2.45, 2.75) is 36.9 Å². The molecule has 0 radical (unpaired) electrons. The molecule has 0 bridgehead atoms. The molecule has 1 heterocycles. The molecule has 1 saturated carbocycles. The molecule has 1 aromatic heterocycles. The average molecular weight is 334 g/mol. The number of nitrogens with two attached hydrogens (primary N) is 1. The fraction of sp³-hybridized carbons (Fsp3) is 0.636. The van der Waals surface area contributed by atoms with Gasteiger partial charge in [-0.15, -0.1) is 0 Å². The second-order valence-electron chi connectivity index (χ2n) is 5.38. The van der Waals surface area contributed by atoms with Crippen LogP contribution in [-0.4, -0.2) is 30.2 Å². The van der Waals surface area contributed by atoms with E-state index in [1.54, 1.807) is 0 Å². The Kier molecular flexibility index (Phi) is 4.51. The van der Waals surface area contributed by atoms with Gasteiger partial charge in [0.1, 0.15) is 4.21 Å². The summed E-state index contributed by atoms with van der Waals surface area (Å²) in [4.78, 5) is 10.3. The third-order valence-corrected chi connectivity index (χ3v) is 6.50. The number of hydrazine groups is 1. The molecule has 1 aliphatic carbocycles. The molecule has 3 N–H and O–H groups in total. The highest BCUT2D eigenvalue weighted by Crippen LogP contribution is 2.40. The maximum Gasteiger partial charge on any atom is 0.306 e. The van der Waals surface area contributed by atoms with Crippen LogP contribution in [0.2, 0.25) is 0 Å². The highest BCUT2D eigenvalue weighted by Gasteiger charge is 2.40. The Hall–Kier alpha value is -1.23. The minimum atomic E-state index is -3.73. The zero-order valence-corrected chi connectivity index (χ0v) is 13.4. The lowest BCUT2D eigenvalue weighted by atomic mass is 10.2. The third-order valence-electron chi connectivity index (χ3n) is 3.08. The number of sulfonamides is 1. The van der Waals surface area contributed by atoms with Crippen molar-refractivity contribution in [1.82, 2.24) is 4.31 Å². The van der Waals surface area contributed by atoms with Gasteiger partial charge in [0, 0.05) is 18.7 Å². The van der Waals surface area contributed by atoms with Crippen molar-refractivity contribution in [3.63, 3.8) is 0 Å². The number of hydrogen-bond donors (Lipinski definition) is 2. The predicted octanol–water partition coefficient (Wildman–Crippen LogP) is 1.75. The van der Waals surface area contributed by atoms with Gasteiger partial charge in [-0.1, -0.05) is 25.2 Å². The molecule has 1 aromatic rings. The first-order valence-corrected chi connectivity index (χ1v) is 8.79. The van der Waals surface area contributed by atoms with Gasteiger partial charge in [0.05, 0.1) is 4.92 Å². The smallest absolute Gasteiger partial charge is 0.306 e. The average Bonchev–Trinajstić information content (AvgIpc) is 3.12. The van der Waals surface area contributed by atoms with E-state index in [1.807, 2.05) is 13.8 Å². The van der Waals surface area contributed by atoms with Crippen LogP contribution >= 0.6 is 11.3 Å². The number of nitrogen functional groups attached to an aromatic ring is 1. The van der Waals surface area contributed by atoms with Crippen LogP contribution < -0.4 is 11.3 Å². The largest absolute Gasteiger partial charge is 0.310 e. The molecule has 10 heteroatoms. The van der Waals surface area contributed by atoms with E-state index in [4.69, 9.17) is 5.84 Å². The molecule has 0 aliphatic heterocycles. The van der Waals surface area contributed by atoms with Crippen LogP contribution in [0.25, 0.3) is 0 Å². The standard InChI is InChI=1S/C11H18N4O4S2/c1-7(2)6-14(8-3-4-8)21(18,19)10-5-9(15(16)17)11(13-12)20-10/h5,7-8,13H,3-4,6,12H2,1-2H3. The molecular formula is C11H18N4O4S2. The van der Waals surface area contributed by atoms with Crippen LogP contribution in [-0.2, 0) is 10.0 Å². The van der Waals surface area contributed by atoms with Gasteiger partial charge in [0.2, 0.25) is 0 Å². The number of thiophene rings is 1. The summed E-state index contributed by atoms with van der Waals surface area (Å²) < 4.78 is 26.8. The van der Waals surface area contributed by atoms with Gasteiger partial charge in [0.15, 0.2) is 5.00 Å². The lowest BCUT2D eigenvalue weighted by Gasteiger charge is -2.22. The number of anilines is 1. The summed E-state index contributed by atoms with van der Waals surface area (Å²) in [6.07, 6.45) is 1.67. The van der Waals surface area contributed by atoms with Gasteiger partial charge >= 0.3 is 5.69 Å². The Morgan fingerprint density at radius 1 is 1.57 bits per heavy atom. The third kappa shape index (κ3) is 3.34. The molecular weight excluding hydrogens is 316 g/mol. The van der Waals surface area contributed by atoms with Gasteiger partial charge in [-0.2, -0.15) is 4.31 Å². The van der Waals surface area contributed by atoms with Crippen molar-refractivity contribution in [2.24, 2.45) is 11.8 Å². The topological polar surface area (TPSA) is 119 Å². The number of nitrogens with zero attached hydrogens (tertiary/aromatic N) is 2. The molecule has 0 unspecified atom stereocenters. The molecule has 0 aromatic carbocycles. The zero-order valence-electron chi connectivity index (χ0n) is 11.8. The van der Waals surface area contributed by atoms with Gasteiger partial charge in [0.25, 0.3) is 10.0 Å². The maximum absolute atomic E-state index is 12.7. The van der Waals surface area contributed by atoms with Crippen LogP contribution in [0.3, 0.4) is 0 Å². The van der Waals surface area contributed by atoms with Crippen LogP contribution in [0.4, 0.5) is 10.7 Å². The Bertz CT molecular complexity index is 637. The van der Waals surface area contributed by atoms with Crippen molar-refractivity contribution in [2.75, 3.05) is 12.0 Å². The van der Waals surface area contributed by atoms with E-state index in [-0.39, 0.29) is 26.9 Å². The van der Waals surface area contributed by atoms with E-state index in [9.17, 15) is 18.5 Å². The fourth-order valence-electron chi connectivity index (χ4n) is 2.01. The van der Waals surface area contributed by atoms with Crippen molar-refractivity contribution in [3.8, 4) is 0 Å². The number of hydrogen-bond acceptors (Lipinski definition) is 7. The van der Waals surface area contributed by atoms with E-state index in [0.29, 0.717) is 6.54 Å². The van der Waals surface area contributed by atoms with Crippen LogP contribution in [0.1, 0.15) is 26.7 Å². The molecule has 0 amide bonds. The van der Waals surface area contributed by atoms with Gasteiger partial charge in [-0.25, -0.2) is 14.3 Å². The molecule has 1 fully saturated rings. The Labute approximate surface area is 127 Å². The summed E-state index contributed by atoms with van der Waals surface area (Å²) in [6.45, 7) is 4.29. The summed E-state index contributed by atoms with van der Waals surface area (Å²) in [6, 6.07) is 1.08. The molecule has 1 aliphatic rings. The van der Waals surface area contributed by atoms with Crippen molar-refractivity contribution in [3.05, 3.63) is 16.2 Å². The highest BCUT2D eigenvalue weighted by molar-refractivity contribution is 7.91. The van der Waals surface area contributed by atoms with E-state index in [2.05, 4.69) is 5.43 Å². The van der Waals surface area contributed by atoms with Gasteiger partial charge < -0.3 is 5.43 Å². The number of nitro groups is 1. The quantitative estimate of drug-likeness (QED) is 0.445. The lowest BCUT2D eigenvalue weighted by Crippen LogP contribution is -2.35. The Morgan fingerprint density at radius 3 is 2.57 bits per heavy atom. The SMILES string of the molecule is CC(C)CN(C1CC1)S(=O)(=O)c1cc([N+](=O)[O-])c(NN)s1. The van der Waals surface area contributed by atoms with Crippen molar-refractivity contribution in [1.29, 1.82) is 0 Å². The van der Waals surface area contributed by atoms with Gasteiger partial charge in [-0.3, -0.25) is 10.1 Å². The number of nitrogens with one attached hydrogen (secondary N) is 1. The molecule has 0 saturated heterocycles. The first-order valence-electron chi connectivity index (χ1n) is 6.54. The summed E-state index contributed by atoms with van der Waals surface area (Å²) in [5, 5.41) is 11.0. The predicted molar refractivity (Wildman–Crippen MR) is 80.5 cm³/mol. The van der Waals surface area contributed by atoms with E-state index in [0.717, 1.165) is 30.2 Å². The first kappa shape index (κ1) is 16.1. The second kappa shape index (κ2) is 5.87. The van der Waals surface area contributed by atoms with E-state index < -0.39 is 14.9 Å². The van der Waals surface area contributed by atoms with Crippen molar-refractivity contribution < 1.29 is 13.3 Å². The Balaban J connectivity index is 2.40. The maximum atomic E-state index is 12.7. The minimum Gasteiger partial charge on any atom is -0.310 e. The molecule has 118 valence electrons. The summed E-state index contributed by atoms with van der Waals surface area (Å²) in [7, 11) is -3.73. The summed E-state index contributed by atoms with van der Waals surface area (Å²) in [5.41, 5.74) is 1.87. The summed E-state index contributed by atoms with van der Waals surface area (Å²) in [5.74, 6) is 5.40. The highest BCUT2D eigenvalue weighted by atomic mass is 32.2. The van der Waals surface area contributed by atoms with Crippen LogP contribution in [0.5, 0.6) is 0 Å². The molecule has 2 rings (SSSR count). The van der Waals surface area contributed by atoms with Gasteiger partial charge in [-0.05, 0) is 18.8 Å². The molecule has 0 spiro atoms. The molecule has 0 atom stereocenters. The lowest BCUT2D eigenvalue weighted by molar-refractivity contribution is -0.383. The molecule has 8 nitrogen and oxygen atoms in total. The normalized spacial score (nSPS) is 15.7. The Morgan fingerprint density at radius 2 is 2.19 bits per heavy atom. The van der Waals surface area contributed by atoms with E-state index in [1.165, 1.54) is 4.31 Å². The fourth-order valence-corrected chi connectivity index (χ4v) is 5.22. The monoisotopic (exact) mass is 334 g/mol. The number of rotatable bonds is 7. The van der Waals surface area contributed by atoms with Crippen molar-refractivity contribution >= 4 is 32.0 Å². The first-order chi connectivity index (χ1) is 9.77. The second-order valence-corrected chi connectivity index (χ2v) is 8.55. The zero-order chi connectivity index (χ0) is 15.8. The minimum absolute atomic E-state index is 0.00726. The van der Waals surface area contributed by atoms with Crippen LogP contribution in [0.15, 0.2) is 10.3 Å². The van der Waals surface area contributed by atoms with E-state index >= 15 is 0 Å². The molecule has 21 heavy (non-hydrogen) atoms.